The lowest BCUT2D eigenvalue weighted by Gasteiger charge is -2.32. The molecule has 0 atom stereocenters. The summed E-state index contributed by atoms with van der Waals surface area (Å²) in [5.74, 6) is -0.725. The van der Waals surface area contributed by atoms with Gasteiger partial charge in [0.15, 0.2) is 5.69 Å². The summed E-state index contributed by atoms with van der Waals surface area (Å²) in [5, 5.41) is 0. The maximum Gasteiger partial charge on any atom is 0.525 e. The van der Waals surface area contributed by atoms with Gasteiger partial charge in [0, 0.05) is 6.08 Å². The van der Waals surface area contributed by atoms with Crippen LogP contribution < -0.4 is 0 Å². The van der Waals surface area contributed by atoms with Crippen molar-refractivity contribution in [2.75, 3.05) is 7.11 Å². The van der Waals surface area contributed by atoms with Gasteiger partial charge in [-0.1, -0.05) is 0 Å². The van der Waals surface area contributed by atoms with Crippen LogP contribution in [-0.2, 0) is 14.0 Å². The number of carbonyl (C=O) groups excluding carboxylic acids is 1. The number of rotatable bonds is 3. The first-order valence-electron chi connectivity index (χ1n) is 6.43. The van der Waals surface area contributed by atoms with E-state index in [0.29, 0.717) is 0 Å². The topological polar surface area (TPSA) is 70.8 Å². The first kappa shape index (κ1) is 15.7. The highest BCUT2D eigenvalue weighted by Crippen LogP contribution is 2.38. The molecule has 2 rings (SSSR count). The van der Waals surface area contributed by atoms with Gasteiger partial charge in [-0.3, -0.25) is 0 Å². The zero-order chi connectivity index (χ0) is 15.8. The Morgan fingerprint density at radius 3 is 2.43 bits per heavy atom. The van der Waals surface area contributed by atoms with E-state index in [1.807, 2.05) is 27.7 Å². The van der Waals surface area contributed by atoms with Crippen LogP contribution in [-0.4, -0.2) is 36.4 Å². The molecule has 1 saturated heterocycles. The zero-order valence-corrected chi connectivity index (χ0v) is 12.6. The summed E-state index contributed by atoms with van der Waals surface area (Å²) in [7, 11) is 0.0841. The van der Waals surface area contributed by atoms with Gasteiger partial charge in [0.25, 0.3) is 0 Å². The number of esters is 1. The Hall–Kier alpha value is -1.67. The van der Waals surface area contributed by atoms with Crippen molar-refractivity contribution in [1.82, 2.24) is 4.98 Å². The van der Waals surface area contributed by atoms with E-state index in [1.54, 1.807) is 0 Å². The van der Waals surface area contributed by atoms with Gasteiger partial charge in [-0.05, 0) is 27.7 Å². The number of hydrogen-bond donors (Lipinski definition) is 0. The highest BCUT2D eigenvalue weighted by molar-refractivity contribution is 6.54. The molecule has 2 heterocycles. The highest BCUT2D eigenvalue weighted by Gasteiger charge is 2.53. The third kappa shape index (κ3) is 3.01. The fourth-order valence-corrected chi connectivity index (χ4v) is 1.69. The zero-order valence-electron chi connectivity index (χ0n) is 12.6. The van der Waals surface area contributed by atoms with Crippen molar-refractivity contribution in [3.05, 3.63) is 23.6 Å². The fourth-order valence-electron chi connectivity index (χ4n) is 1.69. The second-order valence-electron chi connectivity index (χ2n) is 5.68. The van der Waals surface area contributed by atoms with E-state index in [9.17, 15) is 9.18 Å². The lowest BCUT2D eigenvalue weighted by atomic mass is 9.88. The van der Waals surface area contributed by atoms with Crippen molar-refractivity contribution in [3.63, 3.8) is 0 Å². The van der Waals surface area contributed by atoms with Crippen molar-refractivity contribution in [2.24, 2.45) is 0 Å². The summed E-state index contributed by atoms with van der Waals surface area (Å²) in [6.45, 7) is 7.28. The van der Waals surface area contributed by atoms with Gasteiger partial charge in [0.2, 0.25) is 5.89 Å². The fraction of sp³-hybridized carbons (Fsp3) is 0.538. The Morgan fingerprint density at radius 2 is 1.90 bits per heavy atom. The molecule has 0 spiro atoms. The van der Waals surface area contributed by atoms with E-state index < -0.39 is 30.0 Å². The molecular formula is C13H17BFNO5. The number of nitrogens with zero attached hydrogens (tertiary/aromatic N) is 1. The van der Waals surface area contributed by atoms with E-state index in [2.05, 4.69) is 9.72 Å². The van der Waals surface area contributed by atoms with Crippen LogP contribution in [0.5, 0.6) is 0 Å². The normalized spacial score (nSPS) is 20.7. The van der Waals surface area contributed by atoms with Gasteiger partial charge in [0.05, 0.1) is 18.3 Å². The Balaban J connectivity index is 2.15. The maximum atomic E-state index is 14.2. The summed E-state index contributed by atoms with van der Waals surface area (Å²) in [6, 6.07) is 0. The molecule has 0 unspecified atom stereocenters. The molecule has 0 aliphatic carbocycles. The second-order valence-corrected chi connectivity index (χ2v) is 5.68. The molecule has 1 aliphatic rings. The average Bonchev–Trinajstić information content (AvgIpc) is 2.92. The van der Waals surface area contributed by atoms with Crippen molar-refractivity contribution in [2.45, 2.75) is 38.9 Å². The van der Waals surface area contributed by atoms with Gasteiger partial charge in [0.1, 0.15) is 12.0 Å². The van der Waals surface area contributed by atoms with Gasteiger partial charge < -0.3 is 18.5 Å². The summed E-state index contributed by atoms with van der Waals surface area (Å²) >= 11 is 0. The summed E-state index contributed by atoms with van der Waals surface area (Å²) in [6.07, 6.45) is 2.11. The van der Waals surface area contributed by atoms with Crippen molar-refractivity contribution in [3.8, 4) is 0 Å². The quantitative estimate of drug-likeness (QED) is 0.630. The second kappa shape index (κ2) is 5.27. The number of hydrogen-bond acceptors (Lipinski definition) is 6. The van der Waals surface area contributed by atoms with Gasteiger partial charge >= 0.3 is 13.1 Å². The molecule has 6 nitrogen and oxygen atoms in total. The molecule has 0 saturated carbocycles. The standard InChI is InChI=1S/C13H17BFNO5/c1-12(2)13(3,4)21-14(20-12)9(15)6-10-16-8(7-19-10)11(17)18-5/h6-7H,1-5H3. The van der Waals surface area contributed by atoms with Crippen LogP contribution in [0.1, 0.15) is 44.1 Å². The molecule has 0 radical (unpaired) electrons. The van der Waals surface area contributed by atoms with Crippen LogP contribution in [0.3, 0.4) is 0 Å². The van der Waals surface area contributed by atoms with E-state index in [-0.39, 0.29) is 11.6 Å². The SMILES string of the molecule is COC(=O)c1coc(C=C(F)B2OC(C)(C)C(C)(C)O2)n1. The summed E-state index contributed by atoms with van der Waals surface area (Å²) < 4.78 is 34.7. The molecule has 21 heavy (non-hydrogen) atoms. The third-order valence-electron chi connectivity index (χ3n) is 3.66. The predicted octanol–water partition coefficient (Wildman–Crippen LogP) is 2.40. The number of oxazole rings is 1. The van der Waals surface area contributed by atoms with Crippen LogP contribution in [0.15, 0.2) is 16.4 Å². The van der Waals surface area contributed by atoms with E-state index >= 15 is 0 Å². The third-order valence-corrected chi connectivity index (χ3v) is 3.66. The van der Waals surface area contributed by atoms with Gasteiger partial charge in [-0.2, -0.15) is 0 Å². The molecule has 1 aromatic rings. The van der Waals surface area contributed by atoms with Crippen LogP contribution in [0.2, 0.25) is 0 Å². The highest BCUT2D eigenvalue weighted by atomic mass is 19.1. The molecule has 114 valence electrons. The predicted molar refractivity (Wildman–Crippen MR) is 73.0 cm³/mol. The van der Waals surface area contributed by atoms with Crippen LogP contribution in [0.25, 0.3) is 6.08 Å². The van der Waals surface area contributed by atoms with Crippen LogP contribution in [0, 0.1) is 0 Å². The molecule has 1 fully saturated rings. The summed E-state index contributed by atoms with van der Waals surface area (Å²) in [4.78, 5) is 15.0. The van der Waals surface area contributed by atoms with E-state index in [4.69, 9.17) is 13.7 Å². The number of halogens is 1. The smallest absolute Gasteiger partial charge is 0.464 e. The number of aromatic nitrogens is 1. The molecule has 0 aromatic carbocycles. The molecular weight excluding hydrogens is 280 g/mol. The minimum absolute atomic E-state index is 0.0366. The Kier molecular flexibility index (Phi) is 3.94. The van der Waals surface area contributed by atoms with Crippen molar-refractivity contribution >= 4 is 19.2 Å². The molecule has 0 bridgehead atoms. The number of methoxy groups -OCH3 is 1. The lowest BCUT2D eigenvalue weighted by Crippen LogP contribution is -2.41. The maximum absolute atomic E-state index is 14.2. The minimum Gasteiger partial charge on any atom is -0.464 e. The first-order chi connectivity index (χ1) is 9.66. The average molecular weight is 297 g/mol. The first-order valence-corrected chi connectivity index (χ1v) is 6.43. The molecule has 1 aliphatic heterocycles. The Morgan fingerprint density at radius 1 is 1.33 bits per heavy atom. The molecule has 0 amide bonds. The Labute approximate surface area is 122 Å². The van der Waals surface area contributed by atoms with Crippen LogP contribution >= 0.6 is 0 Å². The number of carbonyl (C=O) groups is 1. The summed E-state index contributed by atoms with van der Waals surface area (Å²) in [5.41, 5.74) is -2.01. The lowest BCUT2D eigenvalue weighted by molar-refractivity contribution is 0.00578. The van der Waals surface area contributed by atoms with E-state index in [1.165, 1.54) is 7.11 Å². The molecule has 0 N–H and O–H groups in total. The van der Waals surface area contributed by atoms with E-state index in [0.717, 1.165) is 12.3 Å². The molecule has 8 heteroatoms. The monoisotopic (exact) mass is 297 g/mol. The van der Waals surface area contributed by atoms with Gasteiger partial charge in [-0.15, -0.1) is 0 Å². The van der Waals surface area contributed by atoms with Crippen LogP contribution in [0.4, 0.5) is 4.39 Å². The van der Waals surface area contributed by atoms with Crippen molar-refractivity contribution < 1.29 is 27.6 Å². The van der Waals surface area contributed by atoms with Gasteiger partial charge in [-0.25, -0.2) is 14.2 Å². The molecule has 1 aromatic heterocycles. The van der Waals surface area contributed by atoms with Crippen molar-refractivity contribution in [1.29, 1.82) is 0 Å². The number of ether oxygens (including phenoxy) is 1. The largest absolute Gasteiger partial charge is 0.525 e. The minimum atomic E-state index is -1.14. The Bertz CT molecular complexity index is 565.